The third-order valence-corrected chi connectivity index (χ3v) is 5.42. The molecule has 5 heteroatoms. The Morgan fingerprint density at radius 2 is 1.81 bits per heavy atom. The maximum atomic E-state index is 12.6. The SMILES string of the molecule is COc1ccc(CN2CCC3(CC2)NC(=O)c2cc(C)ccc2N3)cc1. The van der Waals surface area contributed by atoms with Gasteiger partial charge in [0, 0.05) is 38.2 Å². The van der Waals surface area contributed by atoms with Gasteiger partial charge in [0.05, 0.1) is 12.7 Å². The van der Waals surface area contributed by atoms with Crippen molar-refractivity contribution in [2.24, 2.45) is 0 Å². The summed E-state index contributed by atoms with van der Waals surface area (Å²) in [6, 6.07) is 14.3. The number of likely N-dealkylation sites (tertiary alicyclic amines) is 1. The van der Waals surface area contributed by atoms with Crippen LogP contribution in [0.3, 0.4) is 0 Å². The summed E-state index contributed by atoms with van der Waals surface area (Å²) in [6.07, 6.45) is 1.78. The van der Waals surface area contributed by atoms with Crippen LogP contribution in [-0.2, 0) is 6.54 Å². The first-order chi connectivity index (χ1) is 12.6. The average Bonchev–Trinajstić information content (AvgIpc) is 2.65. The molecule has 1 saturated heterocycles. The van der Waals surface area contributed by atoms with Gasteiger partial charge in [0.15, 0.2) is 0 Å². The zero-order valence-corrected chi connectivity index (χ0v) is 15.3. The second-order valence-electron chi connectivity index (χ2n) is 7.33. The predicted molar refractivity (Wildman–Crippen MR) is 103 cm³/mol. The van der Waals surface area contributed by atoms with Gasteiger partial charge in [0.2, 0.25) is 0 Å². The first-order valence-electron chi connectivity index (χ1n) is 9.14. The molecule has 0 aliphatic carbocycles. The average molecular weight is 351 g/mol. The van der Waals surface area contributed by atoms with Crippen molar-refractivity contribution in [3.05, 3.63) is 59.2 Å². The highest BCUT2D eigenvalue weighted by atomic mass is 16.5. The summed E-state index contributed by atoms with van der Waals surface area (Å²) in [7, 11) is 1.68. The third kappa shape index (κ3) is 3.27. The van der Waals surface area contributed by atoms with Gasteiger partial charge < -0.3 is 15.4 Å². The second-order valence-corrected chi connectivity index (χ2v) is 7.33. The molecule has 0 atom stereocenters. The number of carbonyl (C=O) groups excluding carboxylic acids is 1. The highest BCUT2D eigenvalue weighted by molar-refractivity contribution is 6.02. The number of hydrogen-bond donors (Lipinski definition) is 2. The number of ether oxygens (including phenoxy) is 1. The first-order valence-corrected chi connectivity index (χ1v) is 9.14. The maximum absolute atomic E-state index is 12.6. The summed E-state index contributed by atoms with van der Waals surface area (Å²) in [5.41, 5.74) is 3.75. The molecule has 26 heavy (non-hydrogen) atoms. The van der Waals surface area contributed by atoms with Crippen LogP contribution in [0.1, 0.15) is 34.3 Å². The smallest absolute Gasteiger partial charge is 0.255 e. The molecule has 0 unspecified atom stereocenters. The van der Waals surface area contributed by atoms with E-state index >= 15 is 0 Å². The first kappa shape index (κ1) is 16.9. The van der Waals surface area contributed by atoms with Crippen molar-refractivity contribution in [1.82, 2.24) is 10.2 Å². The number of nitrogens with zero attached hydrogens (tertiary/aromatic N) is 1. The van der Waals surface area contributed by atoms with Gasteiger partial charge in [-0.15, -0.1) is 0 Å². The van der Waals surface area contributed by atoms with E-state index in [1.807, 2.05) is 31.2 Å². The molecular weight excluding hydrogens is 326 g/mol. The van der Waals surface area contributed by atoms with Crippen molar-refractivity contribution >= 4 is 11.6 Å². The Labute approximate surface area is 154 Å². The molecule has 0 radical (unpaired) electrons. The molecule has 0 aromatic heterocycles. The Morgan fingerprint density at radius 3 is 2.50 bits per heavy atom. The van der Waals surface area contributed by atoms with E-state index in [1.54, 1.807) is 7.11 Å². The Bertz CT molecular complexity index is 809. The Morgan fingerprint density at radius 1 is 1.08 bits per heavy atom. The molecule has 2 aromatic carbocycles. The minimum Gasteiger partial charge on any atom is -0.497 e. The molecule has 4 rings (SSSR count). The van der Waals surface area contributed by atoms with E-state index in [0.717, 1.165) is 55.0 Å². The number of anilines is 1. The monoisotopic (exact) mass is 351 g/mol. The van der Waals surface area contributed by atoms with E-state index in [2.05, 4.69) is 33.7 Å². The van der Waals surface area contributed by atoms with Crippen molar-refractivity contribution in [2.75, 3.05) is 25.5 Å². The maximum Gasteiger partial charge on any atom is 0.255 e. The standard InChI is InChI=1S/C21H25N3O2/c1-15-3-8-19-18(13-15)20(25)23-21(22-19)9-11-24(12-10-21)14-16-4-6-17(26-2)7-5-16/h3-8,13,22H,9-12,14H2,1-2H3,(H,23,25). The lowest BCUT2D eigenvalue weighted by Gasteiger charge is -2.46. The van der Waals surface area contributed by atoms with Crippen LogP contribution in [0.4, 0.5) is 5.69 Å². The molecule has 0 saturated carbocycles. The fourth-order valence-corrected chi connectivity index (χ4v) is 3.86. The van der Waals surface area contributed by atoms with Crippen LogP contribution in [0.5, 0.6) is 5.75 Å². The van der Waals surface area contributed by atoms with Gasteiger partial charge in [-0.2, -0.15) is 0 Å². The molecule has 2 aromatic rings. The number of nitrogens with one attached hydrogen (secondary N) is 2. The van der Waals surface area contributed by atoms with E-state index in [9.17, 15) is 4.79 Å². The molecule has 2 aliphatic rings. The van der Waals surface area contributed by atoms with Crippen LogP contribution in [0, 0.1) is 6.92 Å². The van der Waals surface area contributed by atoms with Crippen molar-refractivity contribution < 1.29 is 9.53 Å². The molecule has 2 aliphatic heterocycles. The van der Waals surface area contributed by atoms with Crippen LogP contribution in [0.2, 0.25) is 0 Å². The van der Waals surface area contributed by atoms with E-state index in [-0.39, 0.29) is 11.6 Å². The Hall–Kier alpha value is -2.53. The summed E-state index contributed by atoms with van der Waals surface area (Å²) in [5.74, 6) is 0.917. The zero-order chi connectivity index (χ0) is 18.1. The van der Waals surface area contributed by atoms with E-state index in [0.29, 0.717) is 0 Å². The highest BCUT2D eigenvalue weighted by Crippen LogP contribution is 2.32. The summed E-state index contributed by atoms with van der Waals surface area (Å²) < 4.78 is 5.22. The molecular formula is C21H25N3O2. The van der Waals surface area contributed by atoms with Crippen LogP contribution < -0.4 is 15.4 Å². The van der Waals surface area contributed by atoms with Gasteiger partial charge in [-0.3, -0.25) is 9.69 Å². The van der Waals surface area contributed by atoms with Crippen LogP contribution in [0.25, 0.3) is 0 Å². The summed E-state index contributed by atoms with van der Waals surface area (Å²) >= 11 is 0. The molecule has 1 amide bonds. The minimum absolute atomic E-state index is 0.0334. The number of amides is 1. The number of rotatable bonds is 3. The van der Waals surface area contributed by atoms with E-state index < -0.39 is 0 Å². The molecule has 2 heterocycles. The van der Waals surface area contributed by atoms with E-state index in [4.69, 9.17) is 4.74 Å². The van der Waals surface area contributed by atoms with Gasteiger partial charge in [-0.05, 0) is 36.8 Å². The number of hydrogen-bond acceptors (Lipinski definition) is 4. The number of fused-ring (bicyclic) bond motifs is 1. The summed E-state index contributed by atoms with van der Waals surface area (Å²) in [4.78, 5) is 15.0. The highest BCUT2D eigenvalue weighted by Gasteiger charge is 2.40. The molecule has 0 bridgehead atoms. The van der Waals surface area contributed by atoms with Crippen molar-refractivity contribution in [2.45, 2.75) is 32.0 Å². The predicted octanol–water partition coefficient (Wildman–Crippen LogP) is 3.15. The third-order valence-electron chi connectivity index (χ3n) is 5.42. The van der Waals surface area contributed by atoms with E-state index in [1.165, 1.54) is 5.56 Å². The fraction of sp³-hybridized carbons (Fsp3) is 0.381. The zero-order valence-electron chi connectivity index (χ0n) is 15.3. The minimum atomic E-state index is -0.324. The Kier molecular flexibility index (Phi) is 4.32. The number of aryl methyl sites for hydroxylation is 1. The summed E-state index contributed by atoms with van der Waals surface area (Å²) in [5, 5.41) is 6.82. The topological polar surface area (TPSA) is 53.6 Å². The number of methoxy groups -OCH3 is 1. The molecule has 1 fully saturated rings. The van der Waals surface area contributed by atoms with Gasteiger partial charge >= 0.3 is 0 Å². The van der Waals surface area contributed by atoms with Gasteiger partial charge in [-0.25, -0.2) is 0 Å². The fourth-order valence-electron chi connectivity index (χ4n) is 3.86. The van der Waals surface area contributed by atoms with Gasteiger partial charge in [0.1, 0.15) is 11.4 Å². The second kappa shape index (κ2) is 6.65. The van der Waals surface area contributed by atoms with Gasteiger partial charge in [-0.1, -0.05) is 23.8 Å². The largest absolute Gasteiger partial charge is 0.497 e. The number of benzene rings is 2. The van der Waals surface area contributed by atoms with Crippen LogP contribution >= 0.6 is 0 Å². The summed E-state index contributed by atoms with van der Waals surface area (Å²) in [6.45, 7) is 4.82. The molecule has 136 valence electrons. The lowest BCUT2D eigenvalue weighted by molar-refractivity contribution is 0.0822. The Balaban J connectivity index is 1.41. The number of carbonyl (C=O) groups is 1. The normalized spacial score (nSPS) is 18.8. The molecule has 1 spiro atoms. The van der Waals surface area contributed by atoms with Crippen molar-refractivity contribution in [3.63, 3.8) is 0 Å². The van der Waals surface area contributed by atoms with Gasteiger partial charge in [0.25, 0.3) is 5.91 Å². The van der Waals surface area contributed by atoms with Crippen LogP contribution in [0.15, 0.2) is 42.5 Å². The lowest BCUT2D eigenvalue weighted by atomic mass is 9.91. The molecule has 2 N–H and O–H groups in total. The quantitative estimate of drug-likeness (QED) is 0.892. The lowest BCUT2D eigenvalue weighted by Crippen LogP contribution is -2.62. The van der Waals surface area contributed by atoms with Crippen molar-refractivity contribution in [3.8, 4) is 5.75 Å². The number of piperidine rings is 1. The van der Waals surface area contributed by atoms with Crippen LogP contribution in [-0.4, -0.2) is 36.7 Å². The molecule has 5 nitrogen and oxygen atoms in total. The van der Waals surface area contributed by atoms with Crippen molar-refractivity contribution in [1.29, 1.82) is 0 Å².